The van der Waals surface area contributed by atoms with Gasteiger partial charge in [0, 0.05) is 0 Å². The van der Waals surface area contributed by atoms with Gasteiger partial charge in [-0.05, 0) is 0 Å². The van der Waals surface area contributed by atoms with Crippen LogP contribution in [0.4, 0.5) is 0 Å². The van der Waals surface area contributed by atoms with Gasteiger partial charge in [-0.15, -0.1) is 6.61 Å². The zero-order valence-corrected chi connectivity index (χ0v) is 8.20. The van der Waals surface area contributed by atoms with E-state index in [9.17, 15) is 5.11 Å². The SMILES string of the molecule is [CH2-]CCCC[O-].[Cl-].[Li+].[Mg+2]. The van der Waals surface area contributed by atoms with E-state index in [1.165, 1.54) is 0 Å². The fourth-order valence-electron chi connectivity index (χ4n) is 0.279. The molecule has 0 aromatic carbocycles. The van der Waals surface area contributed by atoms with Crippen LogP contribution in [-0.2, 0) is 0 Å². The van der Waals surface area contributed by atoms with Gasteiger partial charge in [0.1, 0.15) is 0 Å². The van der Waals surface area contributed by atoms with Crippen molar-refractivity contribution >= 4 is 23.1 Å². The average Bonchev–Trinajstić information content (AvgIpc) is 1.61. The first-order valence-electron chi connectivity index (χ1n) is 2.29. The predicted octanol–water partition coefficient (Wildman–Crippen LogP) is -6.02. The van der Waals surface area contributed by atoms with Crippen LogP contribution in [0.5, 0.6) is 0 Å². The molecule has 0 fully saturated rings. The Balaban J connectivity index is -0.0000000417. The molecule has 0 spiro atoms. The fraction of sp³-hybridized carbons (Fsp3) is 0.800. The minimum Gasteiger partial charge on any atom is -1.00 e. The molecular formula is C5H10ClLiMgO. The van der Waals surface area contributed by atoms with Gasteiger partial charge < -0.3 is 24.4 Å². The summed E-state index contributed by atoms with van der Waals surface area (Å²) in [6.45, 7) is 3.65. The third-order valence-corrected chi connectivity index (χ3v) is 0.644. The standard InChI is InChI=1S/C5H10O.ClH.Li.Mg/c1-2-3-4-5-6;;;/h1-5H2;1H;;/q-2;;+1;+2/p-1. The summed E-state index contributed by atoms with van der Waals surface area (Å²) in [5, 5.41) is 9.66. The zero-order valence-electron chi connectivity index (χ0n) is 6.03. The van der Waals surface area contributed by atoms with Crippen molar-refractivity contribution in [2.24, 2.45) is 0 Å². The fourth-order valence-corrected chi connectivity index (χ4v) is 0.279. The minimum absolute atomic E-state index is 0. The van der Waals surface area contributed by atoms with Crippen molar-refractivity contribution in [1.29, 1.82) is 0 Å². The van der Waals surface area contributed by atoms with Crippen LogP contribution in [0.1, 0.15) is 19.3 Å². The maximum atomic E-state index is 9.66. The molecule has 0 aromatic heterocycles. The molecule has 0 saturated carbocycles. The molecule has 0 aliphatic rings. The number of hydrogen-bond donors (Lipinski definition) is 0. The first kappa shape index (κ1) is 22.4. The minimum atomic E-state index is 0. The molecule has 0 bridgehead atoms. The molecule has 0 saturated heterocycles. The Labute approximate surface area is 91.7 Å². The van der Waals surface area contributed by atoms with Crippen molar-refractivity contribution in [2.45, 2.75) is 19.3 Å². The van der Waals surface area contributed by atoms with E-state index >= 15 is 0 Å². The van der Waals surface area contributed by atoms with Crippen LogP contribution in [0.3, 0.4) is 0 Å². The largest absolute Gasteiger partial charge is 2.00 e. The Kier molecular flexibility index (Phi) is 56.4. The Morgan fingerprint density at radius 3 is 1.78 bits per heavy atom. The number of unbranched alkanes of at least 4 members (excludes halogenated alkanes) is 2. The van der Waals surface area contributed by atoms with Crippen LogP contribution in [0.15, 0.2) is 0 Å². The Morgan fingerprint density at radius 2 is 1.67 bits per heavy atom. The first-order chi connectivity index (χ1) is 2.91. The van der Waals surface area contributed by atoms with Crippen LogP contribution < -0.4 is 36.4 Å². The van der Waals surface area contributed by atoms with E-state index in [1.54, 1.807) is 0 Å². The smallest absolute Gasteiger partial charge is 1.00 e. The maximum absolute atomic E-state index is 9.66. The zero-order chi connectivity index (χ0) is 4.83. The number of rotatable bonds is 3. The third-order valence-electron chi connectivity index (χ3n) is 0.644. The molecule has 9 heavy (non-hydrogen) atoms. The van der Waals surface area contributed by atoms with Crippen LogP contribution >= 0.6 is 0 Å². The molecule has 0 unspecified atom stereocenters. The third kappa shape index (κ3) is 26.2. The topological polar surface area (TPSA) is 23.1 Å². The van der Waals surface area contributed by atoms with Gasteiger partial charge in [0.2, 0.25) is 0 Å². The summed E-state index contributed by atoms with van der Waals surface area (Å²) in [4.78, 5) is 0. The molecule has 0 atom stereocenters. The van der Waals surface area contributed by atoms with Gasteiger partial charge in [-0.25, -0.2) is 0 Å². The van der Waals surface area contributed by atoms with E-state index < -0.39 is 0 Å². The maximum Gasteiger partial charge on any atom is 2.00 e. The second-order valence-electron chi connectivity index (χ2n) is 1.26. The predicted molar refractivity (Wildman–Crippen MR) is 29.8 cm³/mol. The van der Waals surface area contributed by atoms with Crippen LogP contribution in [0, 0.1) is 6.92 Å². The molecule has 46 valence electrons. The van der Waals surface area contributed by atoms with Crippen molar-refractivity contribution in [3.05, 3.63) is 6.92 Å². The molecular weight excluding hydrogens is 143 g/mol. The Morgan fingerprint density at radius 1 is 1.22 bits per heavy atom. The van der Waals surface area contributed by atoms with E-state index in [0.717, 1.165) is 19.3 Å². The normalized spacial score (nSPS) is 6.00. The summed E-state index contributed by atoms with van der Waals surface area (Å²) in [5.74, 6) is 0. The van der Waals surface area contributed by atoms with Gasteiger partial charge in [-0.1, -0.05) is 12.8 Å². The van der Waals surface area contributed by atoms with Gasteiger partial charge in [0.15, 0.2) is 0 Å². The Hall–Kier alpha value is 1.61. The molecule has 0 aliphatic carbocycles. The first-order valence-corrected chi connectivity index (χ1v) is 2.29. The molecule has 0 N–H and O–H groups in total. The molecule has 0 rings (SSSR count). The summed E-state index contributed by atoms with van der Waals surface area (Å²) in [7, 11) is 0. The van der Waals surface area contributed by atoms with E-state index in [0.29, 0.717) is 0 Å². The van der Waals surface area contributed by atoms with Crippen molar-refractivity contribution in [3.8, 4) is 0 Å². The summed E-state index contributed by atoms with van der Waals surface area (Å²) in [6, 6.07) is 0. The van der Waals surface area contributed by atoms with Crippen molar-refractivity contribution in [3.63, 3.8) is 0 Å². The van der Waals surface area contributed by atoms with Gasteiger partial charge in [0.05, 0.1) is 0 Å². The second kappa shape index (κ2) is 22.6. The van der Waals surface area contributed by atoms with Gasteiger partial charge in [-0.3, -0.25) is 0 Å². The molecule has 1 nitrogen and oxygen atoms in total. The van der Waals surface area contributed by atoms with Crippen molar-refractivity contribution < 1.29 is 36.4 Å². The number of hydrogen-bond acceptors (Lipinski definition) is 1. The van der Waals surface area contributed by atoms with Gasteiger partial charge >= 0.3 is 41.9 Å². The summed E-state index contributed by atoms with van der Waals surface area (Å²) < 4.78 is 0. The van der Waals surface area contributed by atoms with Crippen LogP contribution in [-0.4, -0.2) is 29.7 Å². The van der Waals surface area contributed by atoms with Gasteiger partial charge in [0.25, 0.3) is 0 Å². The van der Waals surface area contributed by atoms with Gasteiger partial charge in [-0.2, -0.15) is 6.42 Å². The number of halogens is 1. The van der Waals surface area contributed by atoms with Crippen molar-refractivity contribution in [1.82, 2.24) is 0 Å². The summed E-state index contributed by atoms with van der Waals surface area (Å²) in [5.41, 5.74) is 0. The monoisotopic (exact) mass is 152 g/mol. The molecule has 4 heteroatoms. The molecule has 0 aromatic rings. The van der Waals surface area contributed by atoms with E-state index in [1.807, 2.05) is 0 Å². The van der Waals surface area contributed by atoms with E-state index in [4.69, 9.17) is 0 Å². The van der Waals surface area contributed by atoms with E-state index in [2.05, 4.69) is 6.92 Å². The molecule has 0 aliphatic heterocycles. The second-order valence-corrected chi connectivity index (χ2v) is 1.26. The quantitative estimate of drug-likeness (QED) is 0.225. The molecule has 0 radical (unpaired) electrons. The van der Waals surface area contributed by atoms with Crippen LogP contribution in [0.25, 0.3) is 0 Å². The summed E-state index contributed by atoms with van der Waals surface area (Å²) in [6.07, 6.45) is 2.69. The van der Waals surface area contributed by atoms with Crippen molar-refractivity contribution in [2.75, 3.05) is 6.61 Å². The molecule has 0 heterocycles. The molecule has 0 amide bonds. The summed E-state index contributed by atoms with van der Waals surface area (Å²) >= 11 is 0. The van der Waals surface area contributed by atoms with E-state index in [-0.39, 0.29) is 60.9 Å². The van der Waals surface area contributed by atoms with Crippen LogP contribution in [0.2, 0.25) is 0 Å². The Bertz CT molecular complexity index is 28.9. The average molecular weight is 153 g/mol.